The number of anilines is 2. The van der Waals surface area contributed by atoms with E-state index in [0.717, 1.165) is 55.6 Å². The predicted molar refractivity (Wildman–Crippen MR) is 150 cm³/mol. The number of benzene rings is 3. The van der Waals surface area contributed by atoms with Gasteiger partial charge in [0.1, 0.15) is 17.1 Å². The second-order valence-electron chi connectivity index (χ2n) is 11.6. The Morgan fingerprint density at radius 2 is 1.59 bits per heavy atom. The summed E-state index contributed by atoms with van der Waals surface area (Å²) >= 11 is 0. The summed E-state index contributed by atoms with van der Waals surface area (Å²) in [4.78, 5) is 16.6. The summed E-state index contributed by atoms with van der Waals surface area (Å²) in [7, 11) is 0. The van der Waals surface area contributed by atoms with Gasteiger partial charge in [0.25, 0.3) is 0 Å². The van der Waals surface area contributed by atoms with Gasteiger partial charge in [-0.05, 0) is 47.4 Å². The Hall–Kier alpha value is -3.53. The summed E-state index contributed by atoms with van der Waals surface area (Å²) in [6.07, 6.45) is 2.07. The molecule has 4 aliphatic rings. The average molecular weight is 527 g/mol. The van der Waals surface area contributed by atoms with Crippen molar-refractivity contribution in [2.75, 3.05) is 49.1 Å². The number of aliphatic hydroxyl groups is 1. The lowest BCUT2D eigenvalue weighted by Crippen LogP contribution is -2.67. The van der Waals surface area contributed by atoms with Gasteiger partial charge in [0, 0.05) is 68.3 Å². The van der Waals surface area contributed by atoms with Crippen molar-refractivity contribution >= 4 is 33.4 Å². The first-order chi connectivity index (χ1) is 19.0. The molecular formula is C30H31FN6O2. The van der Waals surface area contributed by atoms with Gasteiger partial charge in [-0.15, -0.1) is 0 Å². The molecule has 4 aromatic rings. The third-order valence-electron chi connectivity index (χ3n) is 8.98. The molecule has 1 aromatic heterocycles. The van der Waals surface area contributed by atoms with Crippen molar-refractivity contribution in [2.45, 2.75) is 37.1 Å². The zero-order valence-electron chi connectivity index (χ0n) is 21.6. The number of likely N-dealkylation sites (tertiary alicyclic amines) is 1. The summed E-state index contributed by atoms with van der Waals surface area (Å²) in [5.74, 6) is 1.06. The monoisotopic (exact) mass is 526 g/mol. The van der Waals surface area contributed by atoms with E-state index >= 15 is 4.39 Å². The van der Waals surface area contributed by atoms with Crippen molar-refractivity contribution in [3.63, 3.8) is 0 Å². The van der Waals surface area contributed by atoms with Crippen LogP contribution in [0.25, 0.3) is 32.8 Å². The number of phenolic OH excluding ortho intramolecular Hbond substituents is 1. The van der Waals surface area contributed by atoms with Crippen molar-refractivity contribution < 1.29 is 14.6 Å². The number of aliphatic hydroxyl groups excluding tert-OH is 1. The van der Waals surface area contributed by atoms with Crippen LogP contribution < -0.4 is 15.1 Å². The minimum absolute atomic E-state index is 0.103. The van der Waals surface area contributed by atoms with Crippen LogP contribution in [0.4, 0.5) is 16.2 Å². The topological polar surface area (TPSA) is 88.0 Å². The van der Waals surface area contributed by atoms with Gasteiger partial charge in [0.05, 0.1) is 6.10 Å². The Morgan fingerprint density at radius 1 is 0.821 bits per heavy atom. The number of nitrogens with one attached hydrogen (secondary N) is 1. The largest absolute Gasteiger partial charge is 0.508 e. The average Bonchev–Trinajstić information content (AvgIpc) is 3.23. The number of phenols is 1. The third kappa shape index (κ3) is 3.83. The van der Waals surface area contributed by atoms with Crippen molar-refractivity contribution in [1.29, 1.82) is 0 Å². The second kappa shape index (κ2) is 8.74. The molecule has 3 aromatic carbocycles. The van der Waals surface area contributed by atoms with Crippen LogP contribution in [-0.2, 0) is 0 Å². The molecule has 5 heterocycles. The van der Waals surface area contributed by atoms with Crippen LogP contribution in [0.15, 0.2) is 48.5 Å². The first-order valence-corrected chi connectivity index (χ1v) is 13.9. The Labute approximate surface area is 225 Å². The molecule has 8 rings (SSSR count). The second-order valence-corrected chi connectivity index (χ2v) is 11.6. The van der Waals surface area contributed by atoms with Gasteiger partial charge < -0.3 is 25.3 Å². The molecular weight excluding hydrogens is 495 g/mol. The SMILES string of the molecule is Oc1cc(-c2ccc3c(N4C[C@H]5CC[C@@H](C4)N5)nc(N4CC(N5CC(O)C5)C4)nc3c2F)c2ccccc2c1. The molecule has 0 amide bonds. The molecule has 0 radical (unpaired) electrons. The first-order valence-electron chi connectivity index (χ1n) is 13.9. The number of hydrogen-bond acceptors (Lipinski definition) is 8. The van der Waals surface area contributed by atoms with E-state index in [1.54, 1.807) is 18.2 Å². The maximum Gasteiger partial charge on any atom is 0.228 e. The first kappa shape index (κ1) is 23.4. The fourth-order valence-electron chi connectivity index (χ4n) is 6.85. The number of piperazine rings is 1. The number of nitrogens with zero attached hydrogens (tertiary/aromatic N) is 5. The van der Waals surface area contributed by atoms with Crippen molar-refractivity contribution in [2.24, 2.45) is 0 Å². The van der Waals surface area contributed by atoms with Crippen LogP contribution in [0.3, 0.4) is 0 Å². The van der Waals surface area contributed by atoms with Crippen LogP contribution in [0.2, 0.25) is 0 Å². The van der Waals surface area contributed by atoms with Crippen LogP contribution in [0.1, 0.15) is 12.8 Å². The minimum Gasteiger partial charge on any atom is -0.508 e. The van der Waals surface area contributed by atoms with Crippen molar-refractivity contribution in [3.8, 4) is 16.9 Å². The summed E-state index contributed by atoms with van der Waals surface area (Å²) in [5, 5.41) is 26.3. The van der Waals surface area contributed by atoms with E-state index in [2.05, 4.69) is 20.0 Å². The maximum atomic E-state index is 16.5. The van der Waals surface area contributed by atoms with E-state index in [-0.39, 0.29) is 11.9 Å². The van der Waals surface area contributed by atoms with Gasteiger partial charge in [0.2, 0.25) is 5.95 Å². The van der Waals surface area contributed by atoms with Gasteiger partial charge >= 0.3 is 0 Å². The van der Waals surface area contributed by atoms with Crippen molar-refractivity contribution in [1.82, 2.24) is 20.2 Å². The van der Waals surface area contributed by atoms with E-state index in [4.69, 9.17) is 9.97 Å². The standard InChI is InChI=1S/C30H31FN6O2/c31-27-24(26-10-21(38)9-17-3-1-2-4-23(17)26)7-8-25-28(27)33-30(37-13-20(14-37)35-15-22(39)16-35)34-29(25)36-11-18-5-6-19(12-36)32-18/h1-4,7-10,18-20,22,32,38-39H,5-6,11-16H2/t18-,19+. The lowest BCUT2D eigenvalue weighted by molar-refractivity contribution is -0.0313. The lowest BCUT2D eigenvalue weighted by atomic mass is 9.96. The van der Waals surface area contributed by atoms with Crippen LogP contribution in [0, 0.1) is 5.82 Å². The van der Waals surface area contributed by atoms with Gasteiger partial charge in [-0.25, -0.2) is 9.37 Å². The maximum absolute atomic E-state index is 16.5. The number of halogens is 1. The molecule has 9 heteroatoms. The van der Waals surface area contributed by atoms with E-state index in [1.165, 1.54) is 0 Å². The Kier molecular flexibility index (Phi) is 5.24. The number of β-amino-alcohol motifs (C(OH)–C–C–N with tert-alkyl or cyclic N) is 1. The Balaban J connectivity index is 1.25. The molecule has 8 nitrogen and oxygen atoms in total. The Bertz CT molecular complexity index is 1590. The zero-order valence-corrected chi connectivity index (χ0v) is 21.6. The van der Waals surface area contributed by atoms with Crippen LogP contribution >= 0.6 is 0 Å². The predicted octanol–water partition coefficient (Wildman–Crippen LogP) is 3.10. The molecule has 4 saturated heterocycles. The molecule has 0 unspecified atom stereocenters. The number of aromatic nitrogens is 2. The van der Waals surface area contributed by atoms with Gasteiger partial charge in [-0.1, -0.05) is 30.3 Å². The highest BCUT2D eigenvalue weighted by molar-refractivity contribution is 6.01. The number of rotatable bonds is 4. The minimum atomic E-state index is -0.394. The van der Waals surface area contributed by atoms with E-state index in [1.807, 2.05) is 30.3 Å². The molecule has 0 saturated carbocycles. The van der Waals surface area contributed by atoms with E-state index in [0.29, 0.717) is 59.2 Å². The van der Waals surface area contributed by atoms with E-state index < -0.39 is 5.82 Å². The summed E-state index contributed by atoms with van der Waals surface area (Å²) in [6, 6.07) is 16.0. The molecule has 0 spiro atoms. The molecule has 3 N–H and O–H groups in total. The molecule has 4 aliphatic heterocycles. The quantitative estimate of drug-likeness (QED) is 0.374. The van der Waals surface area contributed by atoms with Gasteiger partial charge in [-0.2, -0.15) is 4.98 Å². The summed E-state index contributed by atoms with van der Waals surface area (Å²) in [5.41, 5.74) is 1.38. The van der Waals surface area contributed by atoms with Crippen LogP contribution in [0.5, 0.6) is 5.75 Å². The summed E-state index contributed by atoms with van der Waals surface area (Å²) in [6.45, 7) is 4.64. The molecule has 0 aliphatic carbocycles. The third-order valence-corrected chi connectivity index (χ3v) is 8.98. The Morgan fingerprint density at radius 3 is 2.36 bits per heavy atom. The highest BCUT2D eigenvalue weighted by Gasteiger charge is 2.40. The summed E-state index contributed by atoms with van der Waals surface area (Å²) < 4.78 is 16.5. The smallest absolute Gasteiger partial charge is 0.228 e. The molecule has 39 heavy (non-hydrogen) atoms. The molecule has 200 valence electrons. The van der Waals surface area contributed by atoms with Crippen LogP contribution in [-0.4, -0.2) is 88.6 Å². The highest BCUT2D eigenvalue weighted by Crippen LogP contribution is 2.39. The molecule has 4 fully saturated rings. The van der Waals surface area contributed by atoms with E-state index in [9.17, 15) is 10.2 Å². The van der Waals surface area contributed by atoms with Crippen molar-refractivity contribution in [3.05, 3.63) is 54.3 Å². The number of aromatic hydroxyl groups is 1. The highest BCUT2D eigenvalue weighted by atomic mass is 19.1. The van der Waals surface area contributed by atoms with Gasteiger partial charge in [-0.3, -0.25) is 4.90 Å². The number of fused-ring (bicyclic) bond motifs is 4. The normalized spacial score (nSPS) is 23.9. The molecule has 2 atom stereocenters. The molecule has 2 bridgehead atoms. The lowest BCUT2D eigenvalue weighted by Gasteiger charge is -2.50. The van der Waals surface area contributed by atoms with Gasteiger partial charge in [0.15, 0.2) is 5.82 Å². The fraction of sp³-hybridized carbons (Fsp3) is 0.400. The number of hydrogen-bond donors (Lipinski definition) is 3. The zero-order chi connectivity index (χ0) is 26.2. The fourth-order valence-corrected chi connectivity index (χ4v) is 6.85.